The fourth-order valence-corrected chi connectivity index (χ4v) is 1.85. The second-order valence-corrected chi connectivity index (χ2v) is 4.91. The maximum atomic E-state index is 10.6. The molecule has 0 rings (SSSR count). The fraction of sp³-hybridized carbons (Fsp3) is 0.786. The van der Waals surface area contributed by atoms with Crippen LogP contribution < -0.4 is 0 Å². The third-order valence-corrected chi connectivity index (χ3v) is 2.94. The minimum atomic E-state index is -1.10. The molecule has 0 amide bonds. The molecule has 0 spiro atoms. The Labute approximate surface area is 140 Å². The van der Waals surface area contributed by atoms with E-state index in [0.29, 0.717) is 26.3 Å². The van der Waals surface area contributed by atoms with Gasteiger partial charge in [-0.25, -0.2) is 0 Å². The standard InChI is InChI=1S/C14H26N2O8/c17-5-1-15(3-8-24-10-6-18)2-7-23-9-4-16(11-13(19)20)12-14(21)22/h5,18H,1-4,6-12H2,(H,19,20)(H,21,22). The van der Waals surface area contributed by atoms with Gasteiger partial charge in [0.15, 0.2) is 0 Å². The number of aliphatic hydroxyl groups is 1. The molecule has 0 bridgehead atoms. The molecule has 0 aliphatic carbocycles. The van der Waals surface area contributed by atoms with E-state index >= 15 is 0 Å². The van der Waals surface area contributed by atoms with Crippen molar-refractivity contribution in [3.8, 4) is 0 Å². The van der Waals surface area contributed by atoms with Crippen molar-refractivity contribution < 1.29 is 39.2 Å². The molecule has 0 saturated heterocycles. The third kappa shape index (κ3) is 14.0. The number of carboxylic acid groups (broad SMARTS) is 2. The minimum Gasteiger partial charge on any atom is -0.480 e. The van der Waals surface area contributed by atoms with E-state index in [1.54, 1.807) is 0 Å². The van der Waals surface area contributed by atoms with E-state index in [-0.39, 0.29) is 46.0 Å². The minimum absolute atomic E-state index is 0.0556. The Hall–Kier alpha value is -1.59. The van der Waals surface area contributed by atoms with E-state index in [4.69, 9.17) is 24.8 Å². The van der Waals surface area contributed by atoms with Gasteiger partial charge in [0.1, 0.15) is 6.29 Å². The van der Waals surface area contributed by atoms with Crippen LogP contribution in [-0.4, -0.2) is 116 Å². The highest BCUT2D eigenvalue weighted by Crippen LogP contribution is 1.92. The number of carbonyl (C=O) groups is 3. The van der Waals surface area contributed by atoms with Crippen molar-refractivity contribution >= 4 is 18.2 Å². The summed E-state index contributed by atoms with van der Waals surface area (Å²) in [5.74, 6) is -2.20. The summed E-state index contributed by atoms with van der Waals surface area (Å²) in [5.41, 5.74) is 0. The molecule has 0 heterocycles. The Morgan fingerprint density at radius 1 is 0.833 bits per heavy atom. The van der Waals surface area contributed by atoms with Crippen LogP contribution in [0.5, 0.6) is 0 Å². The van der Waals surface area contributed by atoms with Gasteiger partial charge in [-0.1, -0.05) is 0 Å². The summed E-state index contributed by atoms with van der Waals surface area (Å²) in [4.78, 5) is 35.0. The van der Waals surface area contributed by atoms with Gasteiger partial charge in [-0.05, 0) is 0 Å². The van der Waals surface area contributed by atoms with E-state index in [9.17, 15) is 14.4 Å². The molecular weight excluding hydrogens is 324 g/mol. The summed E-state index contributed by atoms with van der Waals surface area (Å²) >= 11 is 0. The van der Waals surface area contributed by atoms with Crippen molar-refractivity contribution in [1.82, 2.24) is 9.80 Å². The first-order valence-corrected chi connectivity index (χ1v) is 7.57. The van der Waals surface area contributed by atoms with E-state index in [0.717, 1.165) is 6.29 Å². The van der Waals surface area contributed by atoms with Gasteiger partial charge < -0.3 is 29.6 Å². The molecule has 0 radical (unpaired) electrons. The SMILES string of the molecule is O=CCN(CCOCCO)CCOCCN(CC(=O)O)CC(=O)O. The average Bonchev–Trinajstić information content (AvgIpc) is 2.49. The Balaban J connectivity index is 3.93. The van der Waals surface area contributed by atoms with Gasteiger partial charge in [0.2, 0.25) is 0 Å². The lowest BCUT2D eigenvalue weighted by atomic mass is 10.4. The van der Waals surface area contributed by atoms with Crippen molar-refractivity contribution in [3.63, 3.8) is 0 Å². The van der Waals surface area contributed by atoms with Gasteiger partial charge >= 0.3 is 11.9 Å². The number of hydrogen-bond acceptors (Lipinski definition) is 8. The Bertz CT molecular complexity index is 351. The van der Waals surface area contributed by atoms with Crippen LogP contribution in [0.25, 0.3) is 0 Å². The lowest BCUT2D eigenvalue weighted by Crippen LogP contribution is -2.37. The highest BCUT2D eigenvalue weighted by molar-refractivity contribution is 5.72. The van der Waals surface area contributed by atoms with Crippen LogP contribution in [-0.2, 0) is 23.9 Å². The summed E-state index contributed by atoms with van der Waals surface area (Å²) in [6.45, 7) is 1.78. The number of aliphatic carboxylic acids is 2. The third-order valence-electron chi connectivity index (χ3n) is 2.94. The highest BCUT2D eigenvalue weighted by Gasteiger charge is 2.13. The quantitative estimate of drug-likeness (QED) is 0.199. The predicted octanol–water partition coefficient (Wildman–Crippen LogP) is -2.02. The molecule has 24 heavy (non-hydrogen) atoms. The number of rotatable bonds is 17. The molecule has 0 atom stereocenters. The van der Waals surface area contributed by atoms with Crippen LogP contribution in [0.1, 0.15) is 0 Å². The maximum Gasteiger partial charge on any atom is 0.317 e. The van der Waals surface area contributed by atoms with Crippen LogP contribution in [0, 0.1) is 0 Å². The smallest absolute Gasteiger partial charge is 0.317 e. The van der Waals surface area contributed by atoms with Crippen LogP contribution in [0.15, 0.2) is 0 Å². The van der Waals surface area contributed by atoms with E-state index < -0.39 is 11.9 Å². The Morgan fingerprint density at radius 3 is 1.71 bits per heavy atom. The predicted molar refractivity (Wildman–Crippen MR) is 82.9 cm³/mol. The fourth-order valence-electron chi connectivity index (χ4n) is 1.85. The summed E-state index contributed by atoms with van der Waals surface area (Å²) in [6.07, 6.45) is 0.771. The zero-order valence-corrected chi connectivity index (χ0v) is 13.6. The second-order valence-electron chi connectivity index (χ2n) is 4.91. The van der Waals surface area contributed by atoms with Gasteiger partial charge in [-0.15, -0.1) is 0 Å². The molecule has 0 saturated carbocycles. The summed E-state index contributed by atoms with van der Waals surface area (Å²) in [6, 6.07) is 0. The Morgan fingerprint density at radius 2 is 1.29 bits per heavy atom. The van der Waals surface area contributed by atoms with Crippen molar-refractivity contribution in [3.05, 3.63) is 0 Å². The number of nitrogens with zero attached hydrogens (tertiary/aromatic N) is 2. The van der Waals surface area contributed by atoms with Crippen LogP contribution in [0.4, 0.5) is 0 Å². The molecule has 0 unspecified atom stereocenters. The zero-order valence-electron chi connectivity index (χ0n) is 13.6. The number of ether oxygens (including phenoxy) is 2. The molecule has 0 aliphatic heterocycles. The van der Waals surface area contributed by atoms with E-state index in [1.807, 2.05) is 4.90 Å². The van der Waals surface area contributed by atoms with Gasteiger partial charge in [-0.3, -0.25) is 19.4 Å². The number of carboxylic acids is 2. The van der Waals surface area contributed by atoms with Gasteiger partial charge in [0.05, 0.1) is 52.7 Å². The second kappa shape index (κ2) is 15.0. The lowest BCUT2D eigenvalue weighted by Gasteiger charge is -2.21. The van der Waals surface area contributed by atoms with Crippen LogP contribution in [0.3, 0.4) is 0 Å². The monoisotopic (exact) mass is 350 g/mol. The zero-order chi connectivity index (χ0) is 18.2. The first-order valence-electron chi connectivity index (χ1n) is 7.57. The summed E-state index contributed by atoms with van der Waals surface area (Å²) in [5, 5.41) is 26.0. The lowest BCUT2D eigenvalue weighted by molar-refractivity contribution is -0.142. The first-order chi connectivity index (χ1) is 11.5. The molecule has 140 valence electrons. The normalized spacial score (nSPS) is 11.1. The molecule has 0 aliphatic rings. The molecule has 0 fully saturated rings. The molecule has 3 N–H and O–H groups in total. The molecule has 10 nitrogen and oxygen atoms in total. The van der Waals surface area contributed by atoms with E-state index in [2.05, 4.69) is 0 Å². The molecule has 10 heteroatoms. The number of carbonyl (C=O) groups excluding carboxylic acids is 1. The summed E-state index contributed by atoms with van der Waals surface area (Å²) < 4.78 is 10.5. The largest absolute Gasteiger partial charge is 0.480 e. The molecular formula is C14H26N2O8. The van der Waals surface area contributed by atoms with Gasteiger partial charge in [0.25, 0.3) is 0 Å². The van der Waals surface area contributed by atoms with Crippen molar-refractivity contribution in [2.45, 2.75) is 0 Å². The van der Waals surface area contributed by atoms with Gasteiger partial charge in [-0.2, -0.15) is 0 Å². The number of aliphatic hydroxyl groups excluding tert-OH is 1. The molecule has 0 aromatic rings. The molecule has 0 aromatic heterocycles. The number of hydrogen-bond donors (Lipinski definition) is 3. The molecule has 0 aromatic carbocycles. The topological polar surface area (TPSA) is 137 Å². The average molecular weight is 350 g/mol. The summed E-state index contributed by atoms with van der Waals surface area (Å²) in [7, 11) is 0. The maximum absolute atomic E-state index is 10.6. The Kier molecular flexibility index (Phi) is 14.0. The van der Waals surface area contributed by atoms with Crippen LogP contribution >= 0.6 is 0 Å². The van der Waals surface area contributed by atoms with Crippen molar-refractivity contribution in [2.24, 2.45) is 0 Å². The van der Waals surface area contributed by atoms with Gasteiger partial charge in [0, 0.05) is 19.6 Å². The van der Waals surface area contributed by atoms with E-state index in [1.165, 1.54) is 4.90 Å². The van der Waals surface area contributed by atoms with Crippen molar-refractivity contribution in [2.75, 3.05) is 72.3 Å². The first kappa shape index (κ1) is 22.4. The van der Waals surface area contributed by atoms with Crippen LogP contribution in [0.2, 0.25) is 0 Å². The highest BCUT2D eigenvalue weighted by atomic mass is 16.5. The number of aldehydes is 1. The van der Waals surface area contributed by atoms with Crippen molar-refractivity contribution in [1.29, 1.82) is 0 Å².